The zero-order valence-electron chi connectivity index (χ0n) is 15.1. The highest BCUT2D eigenvalue weighted by Gasteiger charge is 2.23. The number of nitrogens with one attached hydrogen (secondary N) is 1. The number of hydrogen-bond donors (Lipinski definition) is 1. The molecular weight excluding hydrogens is 373 g/mol. The van der Waals surface area contributed by atoms with Crippen LogP contribution in [0.15, 0.2) is 42.5 Å². The molecule has 26 heavy (non-hydrogen) atoms. The van der Waals surface area contributed by atoms with Crippen LogP contribution < -0.4 is 5.32 Å². The molecule has 1 unspecified atom stereocenters. The molecule has 4 nitrogen and oxygen atoms in total. The zero-order chi connectivity index (χ0) is 19.5. The SMILES string of the molecule is CC(C(=O)OC(C)(C)C)c1ccc(NC(=O)c2c(Cl)cccc2Cl)cc1. The fourth-order valence-corrected chi connectivity index (χ4v) is 2.86. The van der Waals surface area contributed by atoms with E-state index in [2.05, 4.69) is 5.32 Å². The van der Waals surface area contributed by atoms with E-state index in [9.17, 15) is 9.59 Å². The summed E-state index contributed by atoms with van der Waals surface area (Å²) in [5.41, 5.74) is 1.06. The molecule has 2 rings (SSSR count). The summed E-state index contributed by atoms with van der Waals surface area (Å²) in [6.07, 6.45) is 0. The van der Waals surface area contributed by atoms with Crippen LogP contribution in [0.1, 0.15) is 49.5 Å². The fraction of sp³-hybridized carbons (Fsp3) is 0.300. The molecule has 0 aliphatic rings. The highest BCUT2D eigenvalue weighted by atomic mass is 35.5. The summed E-state index contributed by atoms with van der Waals surface area (Å²) < 4.78 is 5.39. The van der Waals surface area contributed by atoms with Crippen molar-refractivity contribution in [2.75, 3.05) is 5.32 Å². The van der Waals surface area contributed by atoms with E-state index in [1.165, 1.54) is 0 Å². The molecule has 0 heterocycles. The van der Waals surface area contributed by atoms with Crippen molar-refractivity contribution < 1.29 is 14.3 Å². The van der Waals surface area contributed by atoms with Gasteiger partial charge in [-0.05, 0) is 57.5 Å². The van der Waals surface area contributed by atoms with Gasteiger partial charge in [0.05, 0.1) is 21.5 Å². The van der Waals surface area contributed by atoms with Gasteiger partial charge in [-0.3, -0.25) is 9.59 Å². The third-order valence-corrected chi connectivity index (χ3v) is 4.25. The predicted molar refractivity (Wildman–Crippen MR) is 105 cm³/mol. The number of hydrogen-bond acceptors (Lipinski definition) is 3. The maximum Gasteiger partial charge on any atom is 0.313 e. The second kappa shape index (κ2) is 8.11. The van der Waals surface area contributed by atoms with Gasteiger partial charge >= 0.3 is 5.97 Å². The minimum atomic E-state index is -0.534. The van der Waals surface area contributed by atoms with Gasteiger partial charge in [0, 0.05) is 5.69 Å². The van der Waals surface area contributed by atoms with E-state index in [0.29, 0.717) is 5.69 Å². The molecule has 0 aliphatic carbocycles. The first-order valence-electron chi connectivity index (χ1n) is 8.16. The Kier molecular flexibility index (Phi) is 6.32. The Morgan fingerprint density at radius 1 is 1.00 bits per heavy atom. The molecule has 0 spiro atoms. The number of esters is 1. The van der Waals surface area contributed by atoms with Gasteiger partial charge in [0.25, 0.3) is 5.91 Å². The van der Waals surface area contributed by atoms with Gasteiger partial charge in [0.15, 0.2) is 0 Å². The summed E-state index contributed by atoms with van der Waals surface area (Å²) >= 11 is 12.1. The number of carbonyl (C=O) groups is 2. The Bertz CT molecular complexity index is 791. The van der Waals surface area contributed by atoms with Crippen LogP contribution in [-0.2, 0) is 9.53 Å². The predicted octanol–water partition coefficient (Wildman–Crippen LogP) is 5.69. The first kappa shape index (κ1) is 20.3. The second-order valence-electron chi connectivity index (χ2n) is 6.93. The molecule has 2 aromatic carbocycles. The van der Waals surface area contributed by atoms with Crippen LogP contribution in [0, 0.1) is 0 Å². The lowest BCUT2D eigenvalue weighted by molar-refractivity contribution is -0.156. The molecule has 2 aromatic rings. The first-order valence-corrected chi connectivity index (χ1v) is 8.92. The van der Waals surface area contributed by atoms with Crippen molar-refractivity contribution in [3.63, 3.8) is 0 Å². The van der Waals surface area contributed by atoms with Crippen molar-refractivity contribution in [1.29, 1.82) is 0 Å². The van der Waals surface area contributed by atoms with Gasteiger partial charge in [0.2, 0.25) is 0 Å². The van der Waals surface area contributed by atoms with Gasteiger partial charge in [-0.1, -0.05) is 41.4 Å². The zero-order valence-corrected chi connectivity index (χ0v) is 16.6. The normalized spacial score (nSPS) is 12.4. The van der Waals surface area contributed by atoms with Crippen molar-refractivity contribution in [2.45, 2.75) is 39.2 Å². The van der Waals surface area contributed by atoms with E-state index in [0.717, 1.165) is 5.56 Å². The molecule has 0 saturated heterocycles. The maximum atomic E-state index is 12.4. The fourth-order valence-electron chi connectivity index (χ4n) is 2.29. The molecule has 0 aromatic heterocycles. The standard InChI is InChI=1S/C20H21Cl2NO3/c1-12(19(25)26-20(2,3)4)13-8-10-14(11-9-13)23-18(24)17-15(21)6-5-7-16(17)22/h5-12H,1-4H3,(H,23,24). The van der Waals surface area contributed by atoms with E-state index < -0.39 is 17.4 Å². The van der Waals surface area contributed by atoms with Gasteiger partial charge in [-0.2, -0.15) is 0 Å². The molecular formula is C20H21Cl2NO3. The monoisotopic (exact) mass is 393 g/mol. The number of anilines is 1. The van der Waals surface area contributed by atoms with Crippen LogP contribution in [0.4, 0.5) is 5.69 Å². The van der Waals surface area contributed by atoms with Crippen LogP contribution in [0.25, 0.3) is 0 Å². The molecule has 138 valence electrons. The van der Waals surface area contributed by atoms with E-state index in [4.69, 9.17) is 27.9 Å². The minimum absolute atomic E-state index is 0.224. The summed E-state index contributed by atoms with van der Waals surface area (Å²) in [6.45, 7) is 7.27. The maximum absolute atomic E-state index is 12.4. The van der Waals surface area contributed by atoms with Gasteiger partial charge < -0.3 is 10.1 Å². The number of ether oxygens (including phenoxy) is 1. The summed E-state index contributed by atoms with van der Waals surface area (Å²) in [4.78, 5) is 24.5. The van der Waals surface area contributed by atoms with Crippen molar-refractivity contribution in [3.05, 3.63) is 63.6 Å². The third-order valence-electron chi connectivity index (χ3n) is 3.62. The largest absolute Gasteiger partial charge is 0.460 e. The Labute approximate surface area is 163 Å². The molecule has 0 fully saturated rings. The number of benzene rings is 2. The highest BCUT2D eigenvalue weighted by molar-refractivity contribution is 6.40. The Morgan fingerprint density at radius 3 is 2.04 bits per heavy atom. The number of carbonyl (C=O) groups excluding carboxylic acids is 2. The van der Waals surface area contributed by atoms with Crippen molar-refractivity contribution >= 4 is 40.8 Å². The van der Waals surface area contributed by atoms with E-state index >= 15 is 0 Å². The van der Waals surface area contributed by atoms with E-state index in [1.807, 2.05) is 20.8 Å². The van der Waals surface area contributed by atoms with Crippen LogP contribution >= 0.6 is 23.2 Å². The molecule has 1 amide bonds. The quantitative estimate of drug-likeness (QED) is 0.678. The summed E-state index contributed by atoms with van der Waals surface area (Å²) in [6, 6.07) is 11.9. The van der Waals surface area contributed by atoms with E-state index in [-0.39, 0.29) is 21.6 Å². The van der Waals surface area contributed by atoms with Crippen LogP contribution in [0.2, 0.25) is 10.0 Å². The minimum Gasteiger partial charge on any atom is -0.460 e. The lowest BCUT2D eigenvalue weighted by atomic mass is 10.0. The van der Waals surface area contributed by atoms with E-state index in [1.54, 1.807) is 49.4 Å². The van der Waals surface area contributed by atoms with Gasteiger partial charge in [-0.15, -0.1) is 0 Å². The lowest BCUT2D eigenvalue weighted by Gasteiger charge is -2.22. The smallest absolute Gasteiger partial charge is 0.313 e. The molecule has 0 bridgehead atoms. The number of halogens is 2. The van der Waals surface area contributed by atoms with Gasteiger partial charge in [0.1, 0.15) is 5.60 Å². The van der Waals surface area contributed by atoms with Crippen LogP contribution in [0.3, 0.4) is 0 Å². The molecule has 1 atom stereocenters. The Hall–Kier alpha value is -2.04. The summed E-state index contributed by atoms with van der Waals surface area (Å²) in [5, 5.41) is 3.31. The first-order chi connectivity index (χ1) is 12.1. The molecule has 1 N–H and O–H groups in total. The molecule has 0 radical (unpaired) electrons. The average molecular weight is 394 g/mol. The number of amides is 1. The lowest BCUT2D eigenvalue weighted by Crippen LogP contribution is -2.26. The van der Waals surface area contributed by atoms with Crippen molar-refractivity contribution in [2.24, 2.45) is 0 Å². The summed E-state index contributed by atoms with van der Waals surface area (Å²) in [5.74, 6) is -1.09. The van der Waals surface area contributed by atoms with Crippen LogP contribution in [0.5, 0.6) is 0 Å². The Morgan fingerprint density at radius 2 is 1.54 bits per heavy atom. The van der Waals surface area contributed by atoms with Crippen molar-refractivity contribution in [1.82, 2.24) is 0 Å². The molecule has 0 saturated carbocycles. The highest BCUT2D eigenvalue weighted by Crippen LogP contribution is 2.26. The summed E-state index contributed by atoms with van der Waals surface area (Å²) in [7, 11) is 0. The average Bonchev–Trinajstić information content (AvgIpc) is 2.53. The van der Waals surface area contributed by atoms with Crippen LogP contribution in [-0.4, -0.2) is 17.5 Å². The molecule has 0 aliphatic heterocycles. The number of rotatable bonds is 4. The van der Waals surface area contributed by atoms with Gasteiger partial charge in [-0.25, -0.2) is 0 Å². The third kappa shape index (κ3) is 5.23. The topological polar surface area (TPSA) is 55.4 Å². The second-order valence-corrected chi connectivity index (χ2v) is 7.74. The van der Waals surface area contributed by atoms with Crippen molar-refractivity contribution in [3.8, 4) is 0 Å². The Balaban J connectivity index is 2.10. The molecule has 6 heteroatoms.